The van der Waals surface area contributed by atoms with Crippen LogP contribution in [0.15, 0.2) is 60.7 Å². The van der Waals surface area contributed by atoms with Gasteiger partial charge < -0.3 is 0 Å². The zero-order valence-corrected chi connectivity index (χ0v) is 13.3. The zero-order chi connectivity index (χ0) is 16.4. The standard InChI is InChI=1S/C13H12N2OS.CH4N2OS/c16-13(17)15(12-9-5-2-6-10-12)14-11-7-3-1-4-8-11;2-3-1(4)5/h1-10,14H,(H,16,17);2H2,(H2,3,4,5). The van der Waals surface area contributed by atoms with Gasteiger partial charge in [0.1, 0.15) is 0 Å². The third-order valence-corrected chi connectivity index (χ3v) is 2.67. The fourth-order valence-electron chi connectivity index (χ4n) is 1.44. The number of hydrogen-bond acceptors (Lipinski definition) is 4. The third kappa shape index (κ3) is 6.53. The highest BCUT2D eigenvalue weighted by Gasteiger charge is 2.11. The van der Waals surface area contributed by atoms with E-state index in [1.54, 1.807) is 5.43 Å². The Morgan fingerprint density at radius 1 is 0.909 bits per heavy atom. The van der Waals surface area contributed by atoms with Gasteiger partial charge in [-0.2, -0.15) is 0 Å². The maximum atomic E-state index is 11.5. The number of amides is 2. The Labute approximate surface area is 139 Å². The monoisotopic (exact) mass is 336 g/mol. The highest BCUT2D eigenvalue weighted by atomic mass is 32.1. The molecule has 0 saturated carbocycles. The average molecular weight is 336 g/mol. The van der Waals surface area contributed by atoms with Crippen LogP contribution in [0.3, 0.4) is 0 Å². The molecular formula is C14H16N4O2S2. The maximum Gasteiger partial charge on any atom is 0.301 e. The first-order chi connectivity index (χ1) is 10.5. The number of rotatable bonds is 3. The molecule has 0 spiro atoms. The van der Waals surface area contributed by atoms with E-state index in [1.807, 2.05) is 60.7 Å². The lowest BCUT2D eigenvalue weighted by Crippen LogP contribution is -2.32. The SMILES string of the molecule is NNC(=O)S.O=C(S)N(Nc1ccccc1)c1ccccc1. The molecule has 0 atom stereocenters. The van der Waals surface area contributed by atoms with Crippen molar-refractivity contribution in [2.45, 2.75) is 0 Å². The second-order valence-electron chi connectivity index (χ2n) is 3.88. The second-order valence-corrected chi connectivity index (χ2v) is 4.67. The molecule has 0 bridgehead atoms. The van der Waals surface area contributed by atoms with E-state index < -0.39 is 5.24 Å². The van der Waals surface area contributed by atoms with Crippen molar-refractivity contribution < 1.29 is 9.59 Å². The number of benzene rings is 2. The van der Waals surface area contributed by atoms with Gasteiger partial charge in [0, 0.05) is 0 Å². The molecule has 6 nitrogen and oxygen atoms in total. The van der Waals surface area contributed by atoms with Crippen molar-refractivity contribution in [2.24, 2.45) is 5.84 Å². The Hall–Kier alpha value is -2.16. The minimum Gasteiger partial charge on any atom is -0.291 e. The van der Waals surface area contributed by atoms with Crippen LogP contribution in [0.2, 0.25) is 0 Å². The van der Waals surface area contributed by atoms with Crippen molar-refractivity contribution in [2.75, 3.05) is 10.4 Å². The fraction of sp³-hybridized carbons (Fsp3) is 0. The predicted molar refractivity (Wildman–Crippen MR) is 95.1 cm³/mol. The van der Waals surface area contributed by atoms with Gasteiger partial charge in [0.2, 0.25) is 0 Å². The highest BCUT2D eigenvalue weighted by molar-refractivity contribution is 7.97. The van der Waals surface area contributed by atoms with Gasteiger partial charge in [-0.05, 0) is 24.3 Å². The topological polar surface area (TPSA) is 87.5 Å². The van der Waals surface area contributed by atoms with E-state index in [0.29, 0.717) is 0 Å². The van der Waals surface area contributed by atoms with Crippen LogP contribution in [0.4, 0.5) is 21.0 Å². The summed E-state index contributed by atoms with van der Waals surface area (Å²) in [5.41, 5.74) is 6.33. The number of para-hydroxylation sites is 2. The van der Waals surface area contributed by atoms with Crippen LogP contribution in [0.5, 0.6) is 0 Å². The van der Waals surface area contributed by atoms with Crippen LogP contribution >= 0.6 is 25.3 Å². The smallest absolute Gasteiger partial charge is 0.291 e. The number of thiol groups is 2. The molecule has 0 radical (unpaired) electrons. The molecule has 2 aromatic rings. The minimum atomic E-state index is -0.523. The van der Waals surface area contributed by atoms with Gasteiger partial charge in [0.05, 0.1) is 11.4 Å². The summed E-state index contributed by atoms with van der Waals surface area (Å²) < 4.78 is 0. The van der Waals surface area contributed by atoms with Gasteiger partial charge in [-0.25, -0.2) is 10.9 Å². The van der Waals surface area contributed by atoms with Crippen molar-refractivity contribution in [1.29, 1.82) is 0 Å². The molecule has 0 aromatic heterocycles. The van der Waals surface area contributed by atoms with E-state index in [1.165, 1.54) is 5.01 Å². The molecule has 0 unspecified atom stereocenters. The van der Waals surface area contributed by atoms with Gasteiger partial charge in [0.25, 0.3) is 5.24 Å². The Morgan fingerprint density at radius 3 is 1.77 bits per heavy atom. The summed E-state index contributed by atoms with van der Waals surface area (Å²) >= 11 is 7.08. The summed E-state index contributed by atoms with van der Waals surface area (Å²) in [6, 6.07) is 18.8. The molecule has 8 heteroatoms. The van der Waals surface area contributed by atoms with Crippen molar-refractivity contribution in [3.05, 3.63) is 60.7 Å². The van der Waals surface area contributed by atoms with Gasteiger partial charge >= 0.3 is 5.24 Å². The molecule has 22 heavy (non-hydrogen) atoms. The summed E-state index contributed by atoms with van der Waals surface area (Å²) in [6.45, 7) is 0. The Kier molecular flexibility index (Phi) is 7.90. The van der Waals surface area contributed by atoms with Crippen molar-refractivity contribution in [3.8, 4) is 0 Å². The van der Waals surface area contributed by atoms with E-state index >= 15 is 0 Å². The number of carbonyl (C=O) groups is 2. The predicted octanol–water partition coefficient (Wildman–Crippen LogP) is 3.07. The van der Waals surface area contributed by atoms with Crippen LogP contribution in [0.1, 0.15) is 0 Å². The number of carbonyl (C=O) groups excluding carboxylic acids is 2. The summed E-state index contributed by atoms with van der Waals surface area (Å²) in [5.74, 6) is 4.50. The summed E-state index contributed by atoms with van der Waals surface area (Å²) in [4.78, 5) is 20.9. The van der Waals surface area contributed by atoms with Crippen LogP contribution in [0, 0.1) is 0 Å². The maximum absolute atomic E-state index is 11.5. The lowest BCUT2D eigenvalue weighted by atomic mass is 10.3. The van der Waals surface area contributed by atoms with Crippen LogP contribution < -0.4 is 21.7 Å². The van der Waals surface area contributed by atoms with Crippen LogP contribution in [-0.4, -0.2) is 10.5 Å². The zero-order valence-electron chi connectivity index (χ0n) is 11.5. The van der Waals surface area contributed by atoms with E-state index in [9.17, 15) is 9.59 Å². The molecule has 116 valence electrons. The van der Waals surface area contributed by atoms with Crippen LogP contribution in [-0.2, 0) is 0 Å². The van der Waals surface area contributed by atoms with Crippen LogP contribution in [0.25, 0.3) is 0 Å². The molecule has 0 aliphatic carbocycles. The quantitative estimate of drug-likeness (QED) is 0.258. The van der Waals surface area contributed by atoms with Crippen molar-refractivity contribution in [3.63, 3.8) is 0 Å². The van der Waals surface area contributed by atoms with E-state index in [4.69, 9.17) is 0 Å². The number of hydrazine groups is 2. The number of nitrogens with one attached hydrogen (secondary N) is 2. The Bertz CT molecular complexity index is 596. The first-order valence-corrected chi connectivity index (χ1v) is 7.03. The number of nitrogens with two attached hydrogens (primary N) is 1. The average Bonchev–Trinajstić information content (AvgIpc) is 2.54. The number of anilines is 2. The summed E-state index contributed by atoms with van der Waals surface area (Å²) in [7, 11) is 0. The molecule has 2 amide bonds. The second kappa shape index (κ2) is 9.72. The molecule has 0 aliphatic heterocycles. The molecule has 0 aliphatic rings. The van der Waals surface area contributed by atoms with E-state index in [0.717, 1.165) is 11.4 Å². The van der Waals surface area contributed by atoms with Gasteiger partial charge in [-0.3, -0.25) is 20.4 Å². The molecule has 0 heterocycles. The first kappa shape index (κ1) is 17.9. The van der Waals surface area contributed by atoms with E-state index in [-0.39, 0.29) is 5.24 Å². The molecule has 2 aromatic carbocycles. The van der Waals surface area contributed by atoms with E-state index in [2.05, 4.69) is 36.5 Å². The first-order valence-electron chi connectivity index (χ1n) is 6.14. The summed E-state index contributed by atoms with van der Waals surface area (Å²) in [5, 5.41) is 0.503. The third-order valence-electron chi connectivity index (χ3n) is 2.34. The summed E-state index contributed by atoms with van der Waals surface area (Å²) in [6.07, 6.45) is 0. The fourth-order valence-corrected chi connectivity index (χ4v) is 1.61. The Morgan fingerprint density at radius 2 is 1.36 bits per heavy atom. The largest absolute Gasteiger partial charge is 0.301 e. The van der Waals surface area contributed by atoms with Gasteiger partial charge in [-0.1, -0.05) is 61.7 Å². The minimum absolute atomic E-state index is 0.361. The molecule has 0 fully saturated rings. The van der Waals surface area contributed by atoms with Crippen molar-refractivity contribution in [1.82, 2.24) is 5.43 Å². The van der Waals surface area contributed by atoms with Gasteiger partial charge in [0.15, 0.2) is 0 Å². The number of nitrogens with zero attached hydrogens (tertiary/aromatic N) is 1. The van der Waals surface area contributed by atoms with Gasteiger partial charge in [-0.15, -0.1) is 0 Å². The number of hydrogen-bond donors (Lipinski definition) is 5. The Balaban J connectivity index is 0.000000422. The molecular weight excluding hydrogens is 320 g/mol. The molecule has 0 saturated heterocycles. The van der Waals surface area contributed by atoms with Crippen molar-refractivity contribution >= 4 is 47.1 Å². The normalized spacial score (nSPS) is 9.05. The highest BCUT2D eigenvalue weighted by Crippen LogP contribution is 2.17. The molecule has 2 rings (SSSR count). The lowest BCUT2D eigenvalue weighted by molar-refractivity contribution is 0.261. The molecule has 4 N–H and O–H groups in total. The lowest BCUT2D eigenvalue weighted by Gasteiger charge is -2.22.